The van der Waals surface area contributed by atoms with Crippen molar-refractivity contribution in [2.45, 2.75) is 25.1 Å². The maximum absolute atomic E-state index is 12.7. The summed E-state index contributed by atoms with van der Waals surface area (Å²) in [7, 11) is 0. The SMILES string of the molecule is O=C(N[C@@H](Cc1c[nH]c2ccccc12)C(=O)N[C@@H](CO)C(=O)O)OCc1ccccc1. The summed E-state index contributed by atoms with van der Waals surface area (Å²) in [4.78, 5) is 39.3. The Morgan fingerprint density at radius 3 is 2.39 bits per heavy atom. The lowest BCUT2D eigenvalue weighted by atomic mass is 10.0. The average Bonchev–Trinajstić information content (AvgIpc) is 3.19. The number of carbonyl (C=O) groups is 3. The van der Waals surface area contributed by atoms with Gasteiger partial charge in [-0.1, -0.05) is 48.5 Å². The molecule has 0 fully saturated rings. The van der Waals surface area contributed by atoms with Gasteiger partial charge in [0.1, 0.15) is 18.7 Å². The van der Waals surface area contributed by atoms with Crippen LogP contribution in [0.2, 0.25) is 0 Å². The first kappa shape index (κ1) is 21.8. The minimum absolute atomic E-state index is 0.0164. The number of para-hydroxylation sites is 1. The largest absolute Gasteiger partial charge is 0.480 e. The molecule has 2 amide bonds. The van der Waals surface area contributed by atoms with Crippen LogP contribution in [0.15, 0.2) is 60.8 Å². The van der Waals surface area contributed by atoms with Gasteiger partial charge in [0.25, 0.3) is 0 Å². The third-order valence-corrected chi connectivity index (χ3v) is 4.72. The lowest BCUT2D eigenvalue weighted by Gasteiger charge is -2.20. The number of rotatable bonds is 9. The van der Waals surface area contributed by atoms with Crippen molar-refractivity contribution in [3.63, 3.8) is 0 Å². The molecule has 0 saturated heterocycles. The van der Waals surface area contributed by atoms with E-state index in [1.807, 2.05) is 42.5 Å². The molecule has 0 spiro atoms. The Kier molecular flexibility index (Phi) is 7.23. The fraction of sp³-hybridized carbons (Fsp3) is 0.227. The number of aromatic nitrogens is 1. The van der Waals surface area contributed by atoms with Crippen molar-refractivity contribution >= 4 is 28.9 Å². The minimum Gasteiger partial charge on any atom is -0.480 e. The van der Waals surface area contributed by atoms with Gasteiger partial charge in [-0.05, 0) is 17.2 Å². The first-order chi connectivity index (χ1) is 15.0. The van der Waals surface area contributed by atoms with Crippen molar-refractivity contribution in [3.8, 4) is 0 Å². The number of carboxylic acids is 1. The van der Waals surface area contributed by atoms with Crippen LogP contribution in [0.3, 0.4) is 0 Å². The number of ether oxygens (including phenoxy) is 1. The number of carboxylic acid groups (broad SMARTS) is 1. The molecule has 0 aliphatic carbocycles. The molecule has 1 aromatic heterocycles. The summed E-state index contributed by atoms with van der Waals surface area (Å²) in [6, 6.07) is 13.9. The van der Waals surface area contributed by atoms with Crippen LogP contribution in [0.4, 0.5) is 4.79 Å². The number of aliphatic hydroxyl groups is 1. The predicted molar refractivity (Wildman–Crippen MR) is 112 cm³/mol. The Hall–Kier alpha value is -3.85. The monoisotopic (exact) mass is 425 g/mol. The highest BCUT2D eigenvalue weighted by atomic mass is 16.5. The van der Waals surface area contributed by atoms with Gasteiger partial charge in [-0.3, -0.25) is 4.79 Å². The van der Waals surface area contributed by atoms with Gasteiger partial charge < -0.3 is 30.6 Å². The van der Waals surface area contributed by atoms with E-state index in [1.165, 1.54) is 0 Å². The Labute approximate surface area is 178 Å². The predicted octanol–water partition coefficient (Wildman–Crippen LogP) is 1.57. The van der Waals surface area contributed by atoms with Crippen molar-refractivity contribution in [2.75, 3.05) is 6.61 Å². The van der Waals surface area contributed by atoms with E-state index in [4.69, 9.17) is 9.84 Å². The molecule has 0 unspecified atom stereocenters. The number of hydrogen-bond acceptors (Lipinski definition) is 5. The highest BCUT2D eigenvalue weighted by molar-refractivity contribution is 5.90. The molecule has 9 nitrogen and oxygen atoms in total. The smallest absolute Gasteiger partial charge is 0.408 e. The lowest BCUT2D eigenvalue weighted by Crippen LogP contribution is -2.53. The standard InChI is InChI=1S/C22H23N3O6/c26-12-19(21(28)29)24-20(27)18(10-15-11-23-17-9-5-4-8-16(15)17)25-22(30)31-13-14-6-2-1-3-7-14/h1-9,11,18-19,23,26H,10,12-13H2,(H,24,27)(H,25,30)(H,28,29)/t18-,19-/m0/s1. The van der Waals surface area contributed by atoms with Crippen molar-refractivity contribution in [2.24, 2.45) is 0 Å². The summed E-state index contributed by atoms with van der Waals surface area (Å²) >= 11 is 0. The normalized spacial score (nSPS) is 12.7. The van der Waals surface area contributed by atoms with Crippen LogP contribution in [0.5, 0.6) is 0 Å². The number of amides is 2. The number of hydrogen-bond donors (Lipinski definition) is 5. The molecule has 5 N–H and O–H groups in total. The van der Waals surface area contributed by atoms with Crippen molar-refractivity contribution in [1.29, 1.82) is 0 Å². The number of carbonyl (C=O) groups excluding carboxylic acids is 2. The second kappa shape index (κ2) is 10.3. The van der Waals surface area contributed by atoms with Crippen LogP contribution in [0.1, 0.15) is 11.1 Å². The van der Waals surface area contributed by atoms with Gasteiger partial charge in [0.05, 0.1) is 6.61 Å². The zero-order valence-corrected chi connectivity index (χ0v) is 16.6. The lowest BCUT2D eigenvalue weighted by molar-refractivity contribution is -0.143. The summed E-state index contributed by atoms with van der Waals surface area (Å²) in [5.74, 6) is -2.13. The molecule has 3 aromatic rings. The maximum Gasteiger partial charge on any atom is 0.408 e. The quantitative estimate of drug-likeness (QED) is 0.352. The molecule has 0 saturated carbocycles. The van der Waals surface area contributed by atoms with E-state index < -0.39 is 36.7 Å². The molecule has 2 aromatic carbocycles. The average molecular weight is 425 g/mol. The first-order valence-electron chi connectivity index (χ1n) is 9.64. The Balaban J connectivity index is 1.73. The number of fused-ring (bicyclic) bond motifs is 1. The van der Waals surface area contributed by atoms with E-state index in [1.54, 1.807) is 18.3 Å². The van der Waals surface area contributed by atoms with Gasteiger partial charge in [-0.15, -0.1) is 0 Å². The molecule has 31 heavy (non-hydrogen) atoms. The number of aliphatic hydroxyl groups excluding tert-OH is 1. The minimum atomic E-state index is -1.49. The number of benzene rings is 2. The first-order valence-corrected chi connectivity index (χ1v) is 9.64. The summed E-state index contributed by atoms with van der Waals surface area (Å²) in [5, 5.41) is 23.9. The molecule has 1 heterocycles. The zero-order chi connectivity index (χ0) is 22.2. The molecule has 9 heteroatoms. The Bertz CT molecular complexity index is 1050. The third-order valence-electron chi connectivity index (χ3n) is 4.72. The van der Waals surface area contributed by atoms with Gasteiger partial charge in [-0.2, -0.15) is 0 Å². The topological polar surface area (TPSA) is 141 Å². The van der Waals surface area contributed by atoms with Gasteiger partial charge in [0.2, 0.25) is 5.91 Å². The second-order valence-corrected chi connectivity index (χ2v) is 6.90. The van der Waals surface area contributed by atoms with Gasteiger partial charge in [0.15, 0.2) is 0 Å². The van der Waals surface area contributed by atoms with Crippen molar-refractivity contribution in [3.05, 3.63) is 71.9 Å². The second-order valence-electron chi connectivity index (χ2n) is 6.90. The fourth-order valence-electron chi connectivity index (χ4n) is 3.09. The van der Waals surface area contributed by atoms with Crippen LogP contribution in [0, 0.1) is 0 Å². The van der Waals surface area contributed by atoms with Gasteiger partial charge in [-0.25, -0.2) is 9.59 Å². The summed E-state index contributed by atoms with van der Waals surface area (Å²) in [6.45, 7) is -0.762. The summed E-state index contributed by atoms with van der Waals surface area (Å²) in [5.41, 5.74) is 2.40. The molecule has 0 radical (unpaired) electrons. The van der Waals surface area contributed by atoms with Crippen LogP contribution in [-0.2, 0) is 27.4 Å². The van der Waals surface area contributed by atoms with Crippen molar-refractivity contribution in [1.82, 2.24) is 15.6 Å². The van der Waals surface area contributed by atoms with Crippen LogP contribution >= 0.6 is 0 Å². The van der Waals surface area contributed by atoms with Gasteiger partial charge >= 0.3 is 12.1 Å². The maximum atomic E-state index is 12.7. The molecule has 2 atom stereocenters. The molecule has 0 aliphatic heterocycles. The van der Waals surface area contributed by atoms with E-state index in [0.29, 0.717) is 0 Å². The molecule has 0 aliphatic rings. The Morgan fingerprint density at radius 2 is 1.68 bits per heavy atom. The van der Waals surface area contributed by atoms with E-state index in [-0.39, 0.29) is 13.0 Å². The third kappa shape index (κ3) is 5.83. The van der Waals surface area contributed by atoms with Gasteiger partial charge in [0, 0.05) is 23.5 Å². The number of aromatic amines is 1. The van der Waals surface area contributed by atoms with Crippen molar-refractivity contribution < 1.29 is 29.3 Å². The molecule has 3 rings (SSSR count). The Morgan fingerprint density at radius 1 is 0.968 bits per heavy atom. The molecular weight excluding hydrogens is 402 g/mol. The van der Waals surface area contributed by atoms with Crippen LogP contribution < -0.4 is 10.6 Å². The number of aliphatic carboxylic acids is 1. The summed E-state index contributed by atoms with van der Waals surface area (Å²) < 4.78 is 5.19. The molecular formula is C22H23N3O6. The van der Waals surface area contributed by atoms with E-state index in [9.17, 15) is 19.5 Å². The summed E-state index contributed by atoms with van der Waals surface area (Å²) in [6.07, 6.45) is 0.996. The van der Waals surface area contributed by atoms with Crippen LogP contribution in [0.25, 0.3) is 10.9 Å². The highest BCUT2D eigenvalue weighted by Crippen LogP contribution is 2.19. The zero-order valence-electron chi connectivity index (χ0n) is 16.6. The van der Waals surface area contributed by atoms with E-state index in [0.717, 1.165) is 22.0 Å². The fourth-order valence-corrected chi connectivity index (χ4v) is 3.09. The molecule has 162 valence electrons. The number of H-pyrrole nitrogens is 1. The number of alkyl carbamates (subject to hydrolysis) is 1. The molecule has 0 bridgehead atoms. The van der Waals surface area contributed by atoms with E-state index >= 15 is 0 Å². The highest BCUT2D eigenvalue weighted by Gasteiger charge is 2.27. The van der Waals surface area contributed by atoms with Crippen LogP contribution in [-0.4, -0.2) is 51.9 Å². The van der Waals surface area contributed by atoms with E-state index in [2.05, 4.69) is 15.6 Å². The number of nitrogens with one attached hydrogen (secondary N) is 3.